The number of halogens is 1. The van der Waals surface area contributed by atoms with Crippen molar-refractivity contribution in [3.63, 3.8) is 0 Å². The minimum absolute atomic E-state index is 0.0702. The molecule has 0 unspecified atom stereocenters. The number of carbonyl (C=O) groups excluding carboxylic acids is 1. The molecule has 0 fully saturated rings. The van der Waals surface area contributed by atoms with Crippen LogP contribution in [0.3, 0.4) is 0 Å². The Labute approximate surface area is 120 Å². The molecule has 0 spiro atoms. The highest BCUT2D eigenvalue weighted by Crippen LogP contribution is 2.29. The lowest BCUT2D eigenvalue weighted by Gasteiger charge is -2.27. The minimum atomic E-state index is 0.0702. The van der Waals surface area contributed by atoms with E-state index in [-0.39, 0.29) is 5.91 Å². The van der Waals surface area contributed by atoms with Gasteiger partial charge in [0.25, 0.3) is 0 Å². The van der Waals surface area contributed by atoms with Crippen molar-refractivity contribution >= 4 is 28.9 Å². The number of nitrogens with zero attached hydrogens (tertiary/aromatic N) is 2. The SMILES string of the molecule is CCCN(CC(=O)N(C)C)c1cc(Cl)c(N)cc1C. The molecule has 5 heteroatoms. The first-order valence-electron chi connectivity index (χ1n) is 6.37. The van der Waals surface area contributed by atoms with Crippen molar-refractivity contribution in [2.24, 2.45) is 0 Å². The molecule has 1 rings (SSSR count). The zero-order valence-electron chi connectivity index (χ0n) is 12.0. The minimum Gasteiger partial charge on any atom is -0.398 e. The van der Waals surface area contributed by atoms with E-state index in [1.165, 1.54) is 0 Å². The van der Waals surface area contributed by atoms with Gasteiger partial charge in [-0.05, 0) is 31.0 Å². The number of nitrogen functional groups attached to an aromatic ring is 1. The first-order valence-corrected chi connectivity index (χ1v) is 6.75. The normalized spacial score (nSPS) is 10.4. The number of hydrogen-bond acceptors (Lipinski definition) is 3. The maximum atomic E-state index is 11.9. The van der Waals surface area contributed by atoms with Gasteiger partial charge in [-0.3, -0.25) is 4.79 Å². The number of likely N-dealkylation sites (N-methyl/N-ethyl adjacent to an activating group) is 1. The lowest BCUT2D eigenvalue weighted by molar-refractivity contribution is -0.127. The summed E-state index contributed by atoms with van der Waals surface area (Å²) >= 11 is 6.08. The van der Waals surface area contributed by atoms with Crippen molar-refractivity contribution in [1.82, 2.24) is 4.90 Å². The van der Waals surface area contributed by atoms with Gasteiger partial charge in [0.1, 0.15) is 0 Å². The lowest BCUT2D eigenvalue weighted by atomic mass is 10.1. The summed E-state index contributed by atoms with van der Waals surface area (Å²) < 4.78 is 0. The summed E-state index contributed by atoms with van der Waals surface area (Å²) in [6, 6.07) is 3.69. The van der Waals surface area contributed by atoms with Crippen LogP contribution < -0.4 is 10.6 Å². The predicted molar refractivity (Wildman–Crippen MR) is 81.8 cm³/mol. The van der Waals surface area contributed by atoms with Gasteiger partial charge in [0, 0.05) is 26.3 Å². The molecule has 4 nitrogen and oxygen atoms in total. The van der Waals surface area contributed by atoms with E-state index < -0.39 is 0 Å². The Bertz CT molecular complexity index is 460. The van der Waals surface area contributed by atoms with E-state index in [2.05, 4.69) is 6.92 Å². The Morgan fingerprint density at radius 2 is 2.00 bits per heavy atom. The number of hydrogen-bond donors (Lipinski definition) is 1. The molecule has 1 amide bonds. The second-order valence-electron chi connectivity index (χ2n) is 4.87. The van der Waals surface area contributed by atoms with Crippen LogP contribution >= 0.6 is 11.6 Å². The molecule has 0 radical (unpaired) electrons. The van der Waals surface area contributed by atoms with E-state index in [1.54, 1.807) is 19.0 Å². The molecule has 1 aromatic rings. The lowest BCUT2D eigenvalue weighted by Crippen LogP contribution is -2.37. The highest BCUT2D eigenvalue weighted by atomic mass is 35.5. The molecular formula is C14H22ClN3O. The van der Waals surface area contributed by atoms with E-state index in [4.69, 9.17) is 17.3 Å². The highest BCUT2D eigenvalue weighted by molar-refractivity contribution is 6.33. The Hall–Kier alpha value is -1.42. The molecule has 0 aliphatic rings. The van der Waals surface area contributed by atoms with E-state index in [0.29, 0.717) is 17.3 Å². The third kappa shape index (κ3) is 4.03. The van der Waals surface area contributed by atoms with E-state index >= 15 is 0 Å². The molecule has 1 aromatic carbocycles. The Balaban J connectivity index is 3.05. The van der Waals surface area contributed by atoms with Crippen LogP contribution in [0.2, 0.25) is 5.02 Å². The van der Waals surface area contributed by atoms with Gasteiger partial charge < -0.3 is 15.5 Å². The van der Waals surface area contributed by atoms with Gasteiger partial charge in [-0.2, -0.15) is 0 Å². The number of rotatable bonds is 5. The maximum absolute atomic E-state index is 11.9. The summed E-state index contributed by atoms with van der Waals surface area (Å²) in [4.78, 5) is 15.5. The quantitative estimate of drug-likeness (QED) is 0.845. The van der Waals surface area contributed by atoms with Crippen molar-refractivity contribution in [1.29, 1.82) is 0 Å². The summed E-state index contributed by atoms with van der Waals surface area (Å²) in [5.41, 5.74) is 8.35. The van der Waals surface area contributed by atoms with Gasteiger partial charge in [-0.25, -0.2) is 0 Å². The second-order valence-corrected chi connectivity index (χ2v) is 5.28. The van der Waals surface area contributed by atoms with Crippen molar-refractivity contribution in [2.45, 2.75) is 20.3 Å². The largest absolute Gasteiger partial charge is 0.398 e. The van der Waals surface area contributed by atoms with Gasteiger partial charge in [-0.15, -0.1) is 0 Å². The molecule has 2 N–H and O–H groups in total. The third-order valence-electron chi connectivity index (χ3n) is 2.97. The number of amides is 1. The zero-order chi connectivity index (χ0) is 14.6. The van der Waals surface area contributed by atoms with Gasteiger partial charge >= 0.3 is 0 Å². The molecule has 0 bridgehead atoms. The number of benzene rings is 1. The molecule has 0 atom stereocenters. The van der Waals surface area contributed by atoms with Crippen LogP contribution in [0.15, 0.2) is 12.1 Å². The van der Waals surface area contributed by atoms with Crippen LogP contribution in [0.5, 0.6) is 0 Å². The average Bonchev–Trinajstić information content (AvgIpc) is 2.33. The van der Waals surface area contributed by atoms with Crippen molar-refractivity contribution in [3.8, 4) is 0 Å². The van der Waals surface area contributed by atoms with Crippen molar-refractivity contribution < 1.29 is 4.79 Å². The molecule has 0 saturated carbocycles. The highest BCUT2D eigenvalue weighted by Gasteiger charge is 2.15. The van der Waals surface area contributed by atoms with Crippen LogP contribution in [0.1, 0.15) is 18.9 Å². The summed E-state index contributed by atoms with van der Waals surface area (Å²) in [6.07, 6.45) is 0.960. The summed E-state index contributed by atoms with van der Waals surface area (Å²) in [7, 11) is 3.52. The molecule has 0 saturated heterocycles. The van der Waals surface area contributed by atoms with Crippen LogP contribution in [0.25, 0.3) is 0 Å². The van der Waals surface area contributed by atoms with Crippen LogP contribution in [0.4, 0.5) is 11.4 Å². The molecular weight excluding hydrogens is 262 g/mol. The standard InChI is InChI=1S/C14H22ClN3O/c1-5-6-18(9-14(19)17(3)4)13-8-11(15)12(16)7-10(13)2/h7-8H,5-6,9,16H2,1-4H3. The molecule has 19 heavy (non-hydrogen) atoms. The van der Waals surface area contributed by atoms with Crippen LogP contribution in [-0.4, -0.2) is 38.0 Å². The monoisotopic (exact) mass is 283 g/mol. The molecule has 0 heterocycles. The first-order chi connectivity index (χ1) is 8.86. The average molecular weight is 284 g/mol. The number of anilines is 2. The summed E-state index contributed by atoms with van der Waals surface area (Å²) in [5.74, 6) is 0.0702. The second kappa shape index (κ2) is 6.66. The number of nitrogens with two attached hydrogens (primary N) is 1. The van der Waals surface area contributed by atoms with Gasteiger partial charge in [0.2, 0.25) is 5.91 Å². The van der Waals surface area contributed by atoms with Crippen LogP contribution in [0, 0.1) is 6.92 Å². The van der Waals surface area contributed by atoms with E-state index in [9.17, 15) is 4.79 Å². The van der Waals surface area contributed by atoms with Gasteiger partial charge in [-0.1, -0.05) is 18.5 Å². The number of carbonyl (C=O) groups is 1. The van der Waals surface area contributed by atoms with Crippen molar-refractivity contribution in [3.05, 3.63) is 22.7 Å². The smallest absolute Gasteiger partial charge is 0.241 e. The summed E-state index contributed by atoms with van der Waals surface area (Å²) in [6.45, 7) is 5.22. The molecule has 0 aliphatic carbocycles. The molecule has 0 aliphatic heterocycles. The van der Waals surface area contributed by atoms with Crippen molar-refractivity contribution in [2.75, 3.05) is 37.8 Å². The Morgan fingerprint density at radius 1 is 1.37 bits per heavy atom. The van der Waals surface area contributed by atoms with Crippen LogP contribution in [-0.2, 0) is 4.79 Å². The van der Waals surface area contributed by atoms with E-state index in [1.807, 2.05) is 24.0 Å². The van der Waals surface area contributed by atoms with E-state index in [0.717, 1.165) is 24.2 Å². The predicted octanol–water partition coefficient (Wildman–Crippen LogP) is 2.54. The fourth-order valence-corrected chi connectivity index (χ4v) is 2.05. The fraction of sp³-hybridized carbons (Fsp3) is 0.500. The molecule has 0 aromatic heterocycles. The van der Waals surface area contributed by atoms with Gasteiger partial charge in [0.05, 0.1) is 17.3 Å². The third-order valence-corrected chi connectivity index (χ3v) is 3.30. The van der Waals surface area contributed by atoms with Gasteiger partial charge in [0.15, 0.2) is 0 Å². The summed E-state index contributed by atoms with van der Waals surface area (Å²) in [5, 5.41) is 0.527. The Morgan fingerprint density at radius 3 is 2.53 bits per heavy atom. The first kappa shape index (κ1) is 15.6. The maximum Gasteiger partial charge on any atom is 0.241 e. The number of aryl methyl sites for hydroxylation is 1. The topological polar surface area (TPSA) is 49.6 Å². The molecule has 106 valence electrons. The fourth-order valence-electron chi connectivity index (χ4n) is 1.89. The Kier molecular flexibility index (Phi) is 5.48. The zero-order valence-corrected chi connectivity index (χ0v) is 12.8.